The number of alkyl halides is 5. The second kappa shape index (κ2) is 11.3. The Morgan fingerprint density at radius 3 is 2.42 bits per heavy atom. The van der Waals surface area contributed by atoms with Crippen molar-refractivity contribution in [1.82, 2.24) is 5.32 Å². The molecule has 1 saturated carbocycles. The van der Waals surface area contributed by atoms with E-state index in [1.54, 1.807) is 24.3 Å². The molecule has 2 aromatic rings. The van der Waals surface area contributed by atoms with Crippen molar-refractivity contribution in [2.24, 2.45) is 28.5 Å². The zero-order chi connectivity index (χ0) is 29.2. The second-order valence-corrected chi connectivity index (χ2v) is 10.1. The van der Waals surface area contributed by atoms with E-state index in [0.29, 0.717) is 11.3 Å². The zero-order valence-corrected chi connectivity index (χ0v) is 21.0. The average molecular weight is 569 g/mol. The second-order valence-electron chi connectivity index (χ2n) is 10.1. The molecule has 0 spiro atoms. The van der Waals surface area contributed by atoms with E-state index in [0.717, 1.165) is 6.07 Å². The number of carbonyl (C=O) groups excluding carboxylic acids is 3. The predicted octanol–water partition coefficient (Wildman–Crippen LogP) is 4.55. The fourth-order valence-corrected chi connectivity index (χ4v) is 5.09. The van der Waals surface area contributed by atoms with Gasteiger partial charge >= 0.3 is 6.18 Å². The molecular formula is C27H26F6N4O3. The first kappa shape index (κ1) is 29.1. The van der Waals surface area contributed by atoms with E-state index in [9.17, 15) is 40.7 Å². The van der Waals surface area contributed by atoms with Gasteiger partial charge in [-0.25, -0.2) is 18.2 Å². The number of rotatable bonds is 9. The van der Waals surface area contributed by atoms with Gasteiger partial charge < -0.3 is 16.4 Å². The van der Waals surface area contributed by atoms with Crippen molar-refractivity contribution in [3.63, 3.8) is 0 Å². The Kier molecular flexibility index (Phi) is 8.22. The van der Waals surface area contributed by atoms with Crippen LogP contribution in [0.15, 0.2) is 53.5 Å². The van der Waals surface area contributed by atoms with Crippen molar-refractivity contribution < 1.29 is 40.7 Å². The molecule has 1 heterocycles. The summed E-state index contributed by atoms with van der Waals surface area (Å²) in [6.07, 6.45) is -10.1. The van der Waals surface area contributed by atoms with Gasteiger partial charge in [0.2, 0.25) is 23.9 Å². The number of benzodiazepines with no additional fused rings is 1. The monoisotopic (exact) mass is 568 g/mol. The van der Waals surface area contributed by atoms with E-state index in [4.69, 9.17) is 5.73 Å². The smallest absolute Gasteiger partial charge is 0.369 e. The number of nitrogens with zero attached hydrogens (tertiary/aromatic N) is 1. The number of para-hydroxylation sites is 1. The van der Waals surface area contributed by atoms with Crippen LogP contribution in [0, 0.1) is 23.6 Å². The molecule has 1 aliphatic heterocycles. The van der Waals surface area contributed by atoms with Crippen LogP contribution in [0.4, 0.5) is 32.0 Å². The Bertz CT molecular complexity index is 1320. The van der Waals surface area contributed by atoms with Crippen molar-refractivity contribution in [3.8, 4) is 0 Å². The van der Waals surface area contributed by atoms with Crippen LogP contribution in [0.1, 0.15) is 43.2 Å². The highest BCUT2D eigenvalue weighted by Crippen LogP contribution is 2.46. The van der Waals surface area contributed by atoms with Crippen LogP contribution in [-0.2, 0) is 14.4 Å². The number of carbonyl (C=O) groups is 3. The molecule has 3 amide bonds. The molecule has 1 fully saturated rings. The van der Waals surface area contributed by atoms with Gasteiger partial charge in [0.15, 0.2) is 0 Å². The molecule has 2 aliphatic rings. The van der Waals surface area contributed by atoms with Crippen LogP contribution in [0.2, 0.25) is 0 Å². The third kappa shape index (κ3) is 6.99. The first-order chi connectivity index (χ1) is 18.7. The van der Waals surface area contributed by atoms with Gasteiger partial charge in [0.25, 0.3) is 5.91 Å². The van der Waals surface area contributed by atoms with Gasteiger partial charge in [0.1, 0.15) is 5.82 Å². The molecule has 13 heteroatoms. The van der Waals surface area contributed by atoms with Crippen molar-refractivity contribution >= 4 is 29.1 Å². The summed E-state index contributed by atoms with van der Waals surface area (Å²) in [5.41, 5.74) is 6.50. The fraction of sp³-hybridized carbons (Fsp3) is 0.407. The highest BCUT2D eigenvalue weighted by molar-refractivity contribution is 6.19. The maximum atomic E-state index is 14.0. The molecule has 3 atom stereocenters. The summed E-state index contributed by atoms with van der Waals surface area (Å²) in [7, 11) is 0. The lowest BCUT2D eigenvalue weighted by Gasteiger charge is -2.38. The standard InChI is InChI=1S/C27H26F6N4O3/c28-16-5-3-4-15(11-16)21-18-6-1-2-7-20(18)35-25(40)23(36-21)37-24(39)17(8-9-27(31,32)33)19(22(34)38)10-14-12-26(29,30)13-14/h1-7,11,14,17,19,23H,8-10,12-13H2,(H2,34,38)(H,35,40)(H,37,39)/t17-,19+,23-/m1/s1. The van der Waals surface area contributed by atoms with Gasteiger partial charge in [-0.15, -0.1) is 0 Å². The van der Waals surface area contributed by atoms with E-state index in [1.807, 2.05) is 0 Å². The highest BCUT2D eigenvalue weighted by atomic mass is 19.4. The number of fused-ring (bicyclic) bond motifs is 1. The molecule has 0 saturated heterocycles. The van der Waals surface area contributed by atoms with E-state index >= 15 is 0 Å². The minimum absolute atomic E-state index is 0.119. The number of benzene rings is 2. The van der Waals surface area contributed by atoms with Crippen LogP contribution in [0.25, 0.3) is 0 Å². The Labute approximate surface area is 225 Å². The quantitative estimate of drug-likeness (QED) is 0.386. The van der Waals surface area contributed by atoms with Crippen LogP contribution >= 0.6 is 0 Å². The number of amides is 3. The van der Waals surface area contributed by atoms with Gasteiger partial charge in [-0.2, -0.15) is 13.2 Å². The summed E-state index contributed by atoms with van der Waals surface area (Å²) >= 11 is 0. The largest absolute Gasteiger partial charge is 0.389 e. The zero-order valence-electron chi connectivity index (χ0n) is 21.0. The summed E-state index contributed by atoms with van der Waals surface area (Å²) in [4.78, 5) is 43.0. The van der Waals surface area contributed by atoms with E-state index < -0.39 is 85.2 Å². The van der Waals surface area contributed by atoms with Gasteiger partial charge in [-0.1, -0.05) is 30.3 Å². The minimum Gasteiger partial charge on any atom is -0.369 e. The molecule has 0 unspecified atom stereocenters. The van der Waals surface area contributed by atoms with Crippen molar-refractivity contribution in [3.05, 3.63) is 65.5 Å². The summed E-state index contributed by atoms with van der Waals surface area (Å²) < 4.78 is 80.2. The first-order valence-electron chi connectivity index (χ1n) is 12.5. The lowest BCUT2D eigenvalue weighted by atomic mass is 9.72. The lowest BCUT2D eigenvalue weighted by molar-refractivity contribution is -0.149. The Morgan fingerprint density at radius 1 is 1.10 bits per heavy atom. The molecule has 40 heavy (non-hydrogen) atoms. The number of primary amides is 1. The van der Waals surface area contributed by atoms with E-state index in [1.165, 1.54) is 18.2 Å². The average Bonchev–Trinajstić information content (AvgIpc) is 2.97. The third-order valence-corrected chi connectivity index (χ3v) is 7.01. The number of nitrogens with one attached hydrogen (secondary N) is 2. The number of nitrogens with two attached hydrogens (primary N) is 1. The summed E-state index contributed by atoms with van der Waals surface area (Å²) in [6, 6.07) is 11.7. The normalized spacial score (nSPS) is 20.2. The van der Waals surface area contributed by atoms with Crippen LogP contribution < -0.4 is 16.4 Å². The molecule has 0 aromatic heterocycles. The Balaban J connectivity index is 1.65. The number of halogens is 6. The molecule has 0 radical (unpaired) electrons. The first-order valence-corrected chi connectivity index (χ1v) is 12.5. The SMILES string of the molecule is NC(=O)[C@@H](CC1CC(F)(F)C1)[C@@H](CCC(F)(F)F)C(=O)N[C@H]1N=C(c2cccc(F)c2)c2ccccc2NC1=O. The van der Waals surface area contributed by atoms with Gasteiger partial charge in [0.05, 0.1) is 11.4 Å². The Morgan fingerprint density at radius 2 is 1.80 bits per heavy atom. The van der Waals surface area contributed by atoms with Crippen LogP contribution in [-0.4, -0.2) is 41.7 Å². The summed E-state index contributed by atoms with van der Waals surface area (Å²) in [5, 5.41) is 4.88. The van der Waals surface area contributed by atoms with E-state index in [2.05, 4.69) is 15.6 Å². The van der Waals surface area contributed by atoms with Gasteiger partial charge in [-0.05, 0) is 37.0 Å². The minimum atomic E-state index is -4.69. The lowest BCUT2D eigenvalue weighted by Crippen LogP contribution is -2.49. The maximum Gasteiger partial charge on any atom is 0.389 e. The number of hydrogen-bond acceptors (Lipinski definition) is 4. The van der Waals surface area contributed by atoms with Gasteiger partial charge in [0, 0.05) is 42.2 Å². The number of anilines is 1. The third-order valence-electron chi connectivity index (χ3n) is 7.01. The molecular weight excluding hydrogens is 542 g/mol. The number of aliphatic imine (C=N–C) groups is 1. The molecule has 2 aromatic carbocycles. The summed E-state index contributed by atoms with van der Waals surface area (Å²) in [6.45, 7) is 0. The van der Waals surface area contributed by atoms with Crippen molar-refractivity contribution in [1.29, 1.82) is 0 Å². The maximum absolute atomic E-state index is 14.0. The molecule has 7 nitrogen and oxygen atoms in total. The molecule has 4 N–H and O–H groups in total. The highest BCUT2D eigenvalue weighted by Gasteiger charge is 2.48. The van der Waals surface area contributed by atoms with Gasteiger partial charge in [-0.3, -0.25) is 14.4 Å². The molecule has 214 valence electrons. The van der Waals surface area contributed by atoms with Crippen molar-refractivity contribution in [2.75, 3.05) is 5.32 Å². The Hall–Kier alpha value is -3.90. The fourth-order valence-electron chi connectivity index (χ4n) is 5.09. The molecule has 0 bridgehead atoms. The molecule has 4 rings (SSSR count). The summed E-state index contributed by atoms with van der Waals surface area (Å²) in [5.74, 6) is -10.5. The van der Waals surface area contributed by atoms with Crippen molar-refractivity contribution in [2.45, 2.75) is 50.4 Å². The molecule has 1 aliphatic carbocycles. The van der Waals surface area contributed by atoms with E-state index in [-0.39, 0.29) is 17.7 Å². The topological polar surface area (TPSA) is 114 Å². The predicted molar refractivity (Wildman–Crippen MR) is 133 cm³/mol. The number of hydrogen-bond donors (Lipinski definition) is 3. The van der Waals surface area contributed by atoms with Crippen LogP contribution in [0.5, 0.6) is 0 Å². The van der Waals surface area contributed by atoms with Crippen LogP contribution in [0.3, 0.4) is 0 Å².